The van der Waals surface area contributed by atoms with E-state index in [-0.39, 0.29) is 23.3 Å². The van der Waals surface area contributed by atoms with Gasteiger partial charge in [0.1, 0.15) is 12.4 Å². The third-order valence-corrected chi connectivity index (χ3v) is 8.23. The number of fused-ring (bicyclic) bond motifs is 3. The monoisotopic (exact) mass is 445 g/mol. The number of hydrogen-bond donors (Lipinski definition) is 2. The van der Waals surface area contributed by atoms with Crippen molar-refractivity contribution in [1.82, 2.24) is 5.32 Å². The SMILES string of the molecule is CC/C(=C\F)COc1ccc(C23CCC(C(=O)NCC4(O)CCOCC4)(CC2)CC3)cc1. The number of rotatable bonds is 8. The maximum atomic E-state index is 13.1. The topological polar surface area (TPSA) is 67.8 Å². The molecule has 0 unspecified atom stereocenters. The van der Waals surface area contributed by atoms with Gasteiger partial charge >= 0.3 is 0 Å². The molecule has 1 amide bonds. The normalized spacial score (nSPS) is 29.5. The Balaban J connectivity index is 1.33. The fourth-order valence-corrected chi connectivity index (χ4v) is 5.61. The Morgan fingerprint density at radius 2 is 1.72 bits per heavy atom. The van der Waals surface area contributed by atoms with E-state index in [2.05, 4.69) is 17.4 Å². The van der Waals surface area contributed by atoms with E-state index < -0.39 is 5.60 Å². The first-order valence-corrected chi connectivity index (χ1v) is 12.0. The van der Waals surface area contributed by atoms with Crippen LogP contribution in [0.1, 0.15) is 70.3 Å². The molecule has 4 fully saturated rings. The lowest BCUT2D eigenvalue weighted by Crippen LogP contribution is -2.54. The molecule has 2 bridgehead atoms. The van der Waals surface area contributed by atoms with Crippen molar-refractivity contribution in [2.45, 2.75) is 75.7 Å². The van der Waals surface area contributed by atoms with Crippen LogP contribution in [0.3, 0.4) is 0 Å². The zero-order valence-corrected chi connectivity index (χ0v) is 19.1. The second kappa shape index (κ2) is 9.52. The number of hydrogen-bond acceptors (Lipinski definition) is 4. The maximum absolute atomic E-state index is 13.1. The van der Waals surface area contributed by atoms with Gasteiger partial charge in [-0.05, 0) is 73.6 Å². The molecule has 3 aliphatic carbocycles. The van der Waals surface area contributed by atoms with Crippen LogP contribution >= 0.6 is 0 Å². The van der Waals surface area contributed by atoms with Gasteiger partial charge in [0.05, 0.1) is 11.9 Å². The second-order valence-corrected chi connectivity index (χ2v) is 10.0. The van der Waals surface area contributed by atoms with Gasteiger partial charge in [-0.1, -0.05) is 19.1 Å². The molecule has 0 aromatic heterocycles. The van der Waals surface area contributed by atoms with Crippen molar-refractivity contribution in [3.05, 3.63) is 41.7 Å². The second-order valence-electron chi connectivity index (χ2n) is 10.0. The summed E-state index contributed by atoms with van der Waals surface area (Å²) in [5.41, 5.74) is 0.964. The standard InChI is InChI=1S/C26H36FNO4/c1-2-20(17-27)18-32-22-5-3-21(4-6-22)24-7-10-25(11-8-24,12-9-24)23(29)28-19-26(30)13-15-31-16-14-26/h3-6,17,30H,2,7-16,18-19H2,1H3,(H,28,29)/b20-17+. The number of aliphatic hydroxyl groups is 1. The molecule has 6 heteroatoms. The van der Waals surface area contributed by atoms with Crippen molar-refractivity contribution in [2.24, 2.45) is 5.41 Å². The first-order valence-electron chi connectivity index (χ1n) is 12.0. The van der Waals surface area contributed by atoms with Crippen LogP contribution in [0.2, 0.25) is 0 Å². The minimum atomic E-state index is -0.834. The predicted octanol–water partition coefficient (Wildman–Crippen LogP) is 4.58. The average molecular weight is 446 g/mol. The number of carbonyl (C=O) groups is 1. The number of amides is 1. The molecular weight excluding hydrogens is 409 g/mol. The van der Waals surface area contributed by atoms with E-state index in [1.54, 1.807) is 0 Å². The van der Waals surface area contributed by atoms with Crippen LogP contribution in [0.5, 0.6) is 5.75 Å². The molecule has 0 atom stereocenters. The van der Waals surface area contributed by atoms with Crippen LogP contribution in [-0.4, -0.2) is 43.0 Å². The quantitative estimate of drug-likeness (QED) is 0.615. The Morgan fingerprint density at radius 3 is 2.28 bits per heavy atom. The summed E-state index contributed by atoms with van der Waals surface area (Å²) in [4.78, 5) is 13.1. The first kappa shape index (κ1) is 23.2. The van der Waals surface area contributed by atoms with Crippen molar-refractivity contribution in [3.8, 4) is 5.75 Å². The third kappa shape index (κ3) is 4.72. The van der Waals surface area contributed by atoms with E-state index in [4.69, 9.17) is 9.47 Å². The third-order valence-electron chi connectivity index (χ3n) is 8.23. The summed E-state index contributed by atoms with van der Waals surface area (Å²) in [7, 11) is 0. The summed E-state index contributed by atoms with van der Waals surface area (Å²) in [6, 6.07) is 8.24. The van der Waals surface area contributed by atoms with Gasteiger partial charge in [-0.25, -0.2) is 4.39 Å². The molecule has 32 heavy (non-hydrogen) atoms. The molecule has 2 N–H and O–H groups in total. The van der Waals surface area contributed by atoms with Crippen LogP contribution in [0.4, 0.5) is 4.39 Å². The summed E-state index contributed by atoms with van der Waals surface area (Å²) in [5, 5.41) is 13.7. The van der Waals surface area contributed by atoms with E-state index in [1.807, 2.05) is 19.1 Å². The van der Waals surface area contributed by atoms with Gasteiger partial charge in [0, 0.05) is 38.0 Å². The zero-order valence-electron chi connectivity index (χ0n) is 19.1. The minimum Gasteiger partial charge on any atom is -0.489 e. The Morgan fingerprint density at radius 1 is 1.09 bits per heavy atom. The van der Waals surface area contributed by atoms with Gasteiger partial charge in [-0.15, -0.1) is 0 Å². The zero-order chi connectivity index (χ0) is 22.7. The number of ether oxygens (including phenoxy) is 2. The Bertz CT molecular complexity index is 804. The van der Waals surface area contributed by atoms with E-state index in [1.165, 1.54) is 5.56 Å². The molecule has 1 heterocycles. The Labute approximate surface area is 190 Å². The molecular formula is C26H36FNO4. The number of benzene rings is 1. The van der Waals surface area contributed by atoms with Crippen molar-refractivity contribution in [1.29, 1.82) is 0 Å². The van der Waals surface area contributed by atoms with Gasteiger partial charge in [-0.3, -0.25) is 4.79 Å². The molecule has 1 saturated heterocycles. The smallest absolute Gasteiger partial charge is 0.226 e. The van der Waals surface area contributed by atoms with E-state index >= 15 is 0 Å². The lowest BCUT2D eigenvalue weighted by atomic mass is 9.51. The Kier molecular flexibility index (Phi) is 6.91. The maximum Gasteiger partial charge on any atom is 0.226 e. The summed E-state index contributed by atoms with van der Waals surface area (Å²) >= 11 is 0. The van der Waals surface area contributed by atoms with Gasteiger partial charge in [0.15, 0.2) is 0 Å². The molecule has 4 aliphatic rings. The Hall–Kier alpha value is -1.92. The first-order chi connectivity index (χ1) is 15.4. The highest BCUT2D eigenvalue weighted by Gasteiger charge is 2.53. The van der Waals surface area contributed by atoms with Gasteiger partial charge in [0.25, 0.3) is 0 Å². The summed E-state index contributed by atoms with van der Waals surface area (Å²) in [6.45, 7) is 3.61. The molecule has 0 radical (unpaired) electrons. The molecule has 1 aromatic carbocycles. The van der Waals surface area contributed by atoms with Crippen LogP contribution in [0.25, 0.3) is 0 Å². The fourth-order valence-electron chi connectivity index (χ4n) is 5.61. The van der Waals surface area contributed by atoms with Gasteiger partial charge in [0.2, 0.25) is 5.91 Å². The van der Waals surface area contributed by atoms with Crippen molar-refractivity contribution < 1.29 is 23.8 Å². The van der Waals surface area contributed by atoms with E-state index in [9.17, 15) is 14.3 Å². The number of halogens is 1. The van der Waals surface area contributed by atoms with Gasteiger partial charge in [-0.2, -0.15) is 0 Å². The molecule has 0 spiro atoms. The summed E-state index contributed by atoms with van der Waals surface area (Å²) in [5.74, 6) is 0.867. The molecule has 1 aliphatic heterocycles. The molecule has 5 rings (SSSR count). The largest absolute Gasteiger partial charge is 0.489 e. The minimum absolute atomic E-state index is 0.113. The average Bonchev–Trinajstić information content (AvgIpc) is 2.85. The van der Waals surface area contributed by atoms with E-state index in [0.717, 1.165) is 44.3 Å². The predicted molar refractivity (Wildman–Crippen MR) is 121 cm³/mol. The number of carbonyl (C=O) groups excluding carboxylic acids is 1. The van der Waals surface area contributed by atoms with Crippen molar-refractivity contribution in [2.75, 3.05) is 26.4 Å². The summed E-state index contributed by atoms with van der Waals surface area (Å²) in [6.07, 6.45) is 8.10. The van der Waals surface area contributed by atoms with Crippen LogP contribution in [0, 0.1) is 5.41 Å². The highest BCUT2D eigenvalue weighted by molar-refractivity contribution is 5.83. The lowest BCUT2D eigenvalue weighted by Gasteiger charge is -2.53. The lowest BCUT2D eigenvalue weighted by molar-refractivity contribution is -0.140. The highest BCUT2D eigenvalue weighted by atomic mass is 19.1. The van der Waals surface area contributed by atoms with E-state index in [0.29, 0.717) is 50.9 Å². The fraction of sp³-hybridized carbons (Fsp3) is 0.654. The molecule has 176 valence electrons. The number of nitrogens with one attached hydrogen (secondary N) is 1. The highest BCUT2D eigenvalue weighted by Crippen LogP contribution is 2.58. The van der Waals surface area contributed by atoms with Crippen molar-refractivity contribution in [3.63, 3.8) is 0 Å². The van der Waals surface area contributed by atoms with Crippen LogP contribution in [-0.2, 0) is 14.9 Å². The van der Waals surface area contributed by atoms with Crippen LogP contribution < -0.4 is 10.1 Å². The molecule has 1 aromatic rings. The van der Waals surface area contributed by atoms with Crippen LogP contribution in [0.15, 0.2) is 36.2 Å². The molecule has 5 nitrogen and oxygen atoms in total. The van der Waals surface area contributed by atoms with Gasteiger partial charge < -0.3 is 19.9 Å². The summed E-state index contributed by atoms with van der Waals surface area (Å²) < 4.78 is 23.8. The molecule has 3 saturated carbocycles. The van der Waals surface area contributed by atoms with Crippen molar-refractivity contribution >= 4 is 5.91 Å².